The topological polar surface area (TPSA) is 78.5 Å². The predicted octanol–water partition coefficient (Wildman–Crippen LogP) is 3.06. The molecule has 2 aliphatic rings. The third kappa shape index (κ3) is 2.35. The van der Waals surface area contributed by atoms with E-state index in [1.54, 1.807) is 18.7 Å². The van der Waals surface area contributed by atoms with Gasteiger partial charge >= 0.3 is 0 Å². The Morgan fingerprint density at radius 1 is 1.17 bits per heavy atom. The summed E-state index contributed by atoms with van der Waals surface area (Å²) in [5.74, 6) is 1.78. The van der Waals surface area contributed by atoms with Gasteiger partial charge in [0.05, 0.1) is 36.7 Å². The molecule has 0 fully saturated rings. The number of imidazole rings is 1. The fourth-order valence-corrected chi connectivity index (χ4v) is 4.31. The first-order valence-electron chi connectivity index (χ1n) is 9.77. The van der Waals surface area contributed by atoms with Crippen LogP contribution in [-0.2, 0) is 13.6 Å². The van der Waals surface area contributed by atoms with Gasteiger partial charge in [-0.2, -0.15) is 0 Å². The fourth-order valence-electron chi connectivity index (χ4n) is 4.31. The van der Waals surface area contributed by atoms with Crippen molar-refractivity contribution in [2.45, 2.75) is 19.4 Å². The number of pyridine rings is 1. The second-order valence-corrected chi connectivity index (χ2v) is 7.70. The number of benzene rings is 1. The highest BCUT2D eigenvalue weighted by molar-refractivity contribution is 5.81. The Balaban J connectivity index is 1.53. The summed E-state index contributed by atoms with van der Waals surface area (Å²) in [6.07, 6.45) is 3.40. The lowest BCUT2D eigenvalue weighted by atomic mass is 9.96. The Kier molecular flexibility index (Phi) is 3.56. The van der Waals surface area contributed by atoms with E-state index in [2.05, 4.69) is 20.5 Å². The molecular weight excluding hydrogens is 387 g/mol. The van der Waals surface area contributed by atoms with Crippen LogP contribution < -0.4 is 14.8 Å². The summed E-state index contributed by atoms with van der Waals surface area (Å²) in [7, 11) is 1.95. The summed E-state index contributed by atoms with van der Waals surface area (Å²) >= 11 is 0. The van der Waals surface area contributed by atoms with Crippen molar-refractivity contribution in [3.8, 4) is 22.8 Å². The molecule has 0 saturated carbocycles. The van der Waals surface area contributed by atoms with E-state index < -0.39 is 0 Å². The third-order valence-corrected chi connectivity index (χ3v) is 6.01. The van der Waals surface area contributed by atoms with Crippen molar-refractivity contribution >= 4 is 11.5 Å². The molecule has 1 aromatic carbocycles. The van der Waals surface area contributed by atoms with E-state index in [-0.39, 0.29) is 11.7 Å². The summed E-state index contributed by atoms with van der Waals surface area (Å²) in [5.41, 5.74) is 4.82. The number of nitrogens with zero attached hydrogens (tertiary/aromatic N) is 5. The number of aromatic nitrogens is 5. The average molecular weight is 406 g/mol. The van der Waals surface area contributed by atoms with E-state index in [1.807, 2.05) is 29.0 Å². The molecule has 0 aliphatic carbocycles. The number of nitrogens with one attached hydrogen (secondary N) is 1. The minimum Gasteiger partial charge on any atom is -0.493 e. The molecule has 1 N–H and O–H groups in total. The van der Waals surface area contributed by atoms with Gasteiger partial charge in [-0.25, -0.2) is 9.37 Å². The lowest BCUT2D eigenvalue weighted by Crippen LogP contribution is -2.13. The van der Waals surface area contributed by atoms with Crippen LogP contribution >= 0.6 is 0 Å². The maximum absolute atomic E-state index is 14.7. The van der Waals surface area contributed by atoms with E-state index in [0.717, 1.165) is 28.3 Å². The van der Waals surface area contributed by atoms with Crippen LogP contribution in [0.3, 0.4) is 0 Å². The minimum atomic E-state index is -0.249. The number of halogens is 1. The SMILES string of the molecule is Cc1c(-c2cc3c(n4cnnc24)NCc2c(F)ccc4c2[C@H](CO4)CO3)ncn1C. The van der Waals surface area contributed by atoms with Gasteiger partial charge in [0.15, 0.2) is 17.2 Å². The molecule has 6 rings (SSSR count). The zero-order valence-corrected chi connectivity index (χ0v) is 16.5. The molecule has 0 radical (unpaired) electrons. The first kappa shape index (κ1) is 17.3. The van der Waals surface area contributed by atoms with Gasteiger partial charge in [0.1, 0.15) is 17.9 Å². The van der Waals surface area contributed by atoms with Crippen LogP contribution in [0.5, 0.6) is 11.5 Å². The molecule has 30 heavy (non-hydrogen) atoms. The first-order chi connectivity index (χ1) is 14.6. The molecule has 152 valence electrons. The van der Waals surface area contributed by atoms with Gasteiger partial charge in [0, 0.05) is 30.4 Å². The minimum absolute atomic E-state index is 0.0323. The van der Waals surface area contributed by atoms with Gasteiger partial charge in [-0.15, -0.1) is 10.2 Å². The smallest absolute Gasteiger partial charge is 0.171 e. The average Bonchev–Trinajstić information content (AvgIpc) is 3.46. The second kappa shape index (κ2) is 6.19. The molecule has 9 heteroatoms. The van der Waals surface area contributed by atoms with Gasteiger partial charge in [0.25, 0.3) is 0 Å². The molecule has 0 spiro atoms. The first-order valence-corrected chi connectivity index (χ1v) is 9.77. The lowest BCUT2D eigenvalue weighted by molar-refractivity contribution is 0.249. The molecule has 4 aromatic rings. The lowest BCUT2D eigenvalue weighted by Gasteiger charge is -2.16. The van der Waals surface area contributed by atoms with E-state index in [1.165, 1.54) is 6.07 Å². The Morgan fingerprint density at radius 2 is 2.00 bits per heavy atom. The van der Waals surface area contributed by atoms with Crippen LogP contribution in [0.4, 0.5) is 10.2 Å². The summed E-state index contributed by atoms with van der Waals surface area (Å²) in [6, 6.07) is 5.09. The molecule has 3 aromatic heterocycles. The number of rotatable bonds is 1. The van der Waals surface area contributed by atoms with Gasteiger partial charge in [-0.05, 0) is 25.1 Å². The Labute approximate surface area is 171 Å². The summed E-state index contributed by atoms with van der Waals surface area (Å²) < 4.78 is 30.5. The van der Waals surface area contributed by atoms with Crippen LogP contribution in [0, 0.1) is 12.7 Å². The maximum atomic E-state index is 14.7. The van der Waals surface area contributed by atoms with Gasteiger partial charge in [-0.3, -0.25) is 4.40 Å². The highest BCUT2D eigenvalue weighted by Crippen LogP contribution is 2.41. The number of fused-ring (bicyclic) bond motifs is 3. The van der Waals surface area contributed by atoms with Crippen LogP contribution in [0.1, 0.15) is 22.7 Å². The zero-order valence-electron chi connectivity index (χ0n) is 16.5. The second-order valence-electron chi connectivity index (χ2n) is 7.70. The molecule has 8 nitrogen and oxygen atoms in total. The van der Waals surface area contributed by atoms with Crippen molar-refractivity contribution in [3.05, 3.63) is 53.5 Å². The van der Waals surface area contributed by atoms with Crippen LogP contribution in [0.15, 0.2) is 30.9 Å². The van der Waals surface area contributed by atoms with Gasteiger partial charge < -0.3 is 19.4 Å². The highest BCUT2D eigenvalue weighted by atomic mass is 19.1. The Bertz CT molecular complexity index is 1310. The standard InChI is InChI=1S/C21H19FN6O2/c1-11-19(24-9-27(11)2)13-5-17-21(28-10-25-26-20(13)28)23-6-14-15(22)3-4-16-18(14)12(7-29-16)8-30-17/h3-5,9-10,12,23H,6-8H2,1-2H3/t12-/m1/s1. The van der Waals surface area contributed by atoms with Crippen molar-refractivity contribution in [1.82, 2.24) is 24.1 Å². The van der Waals surface area contributed by atoms with E-state index in [0.29, 0.717) is 42.5 Å². The highest BCUT2D eigenvalue weighted by Gasteiger charge is 2.31. The van der Waals surface area contributed by atoms with Crippen LogP contribution in [0.25, 0.3) is 16.9 Å². The molecule has 0 unspecified atom stereocenters. The molecule has 2 aliphatic heterocycles. The van der Waals surface area contributed by atoms with Crippen molar-refractivity contribution in [2.75, 3.05) is 18.5 Å². The van der Waals surface area contributed by atoms with Crippen molar-refractivity contribution in [3.63, 3.8) is 0 Å². The monoisotopic (exact) mass is 406 g/mol. The van der Waals surface area contributed by atoms with Crippen molar-refractivity contribution in [1.29, 1.82) is 0 Å². The van der Waals surface area contributed by atoms with Crippen molar-refractivity contribution < 1.29 is 13.9 Å². The largest absolute Gasteiger partial charge is 0.493 e. The molecule has 0 saturated heterocycles. The summed E-state index contributed by atoms with van der Waals surface area (Å²) in [4.78, 5) is 4.54. The van der Waals surface area contributed by atoms with Crippen LogP contribution in [0.2, 0.25) is 0 Å². The van der Waals surface area contributed by atoms with Crippen molar-refractivity contribution in [2.24, 2.45) is 7.05 Å². The Morgan fingerprint density at radius 3 is 2.80 bits per heavy atom. The fraction of sp³-hybridized carbons (Fsp3) is 0.286. The molecule has 0 amide bonds. The molecular formula is C21H19FN6O2. The Hall–Kier alpha value is -3.62. The summed E-state index contributed by atoms with van der Waals surface area (Å²) in [5, 5.41) is 11.7. The van der Waals surface area contributed by atoms with E-state index in [4.69, 9.17) is 9.47 Å². The molecule has 0 bridgehead atoms. The number of anilines is 1. The normalized spacial score (nSPS) is 17.2. The van der Waals surface area contributed by atoms with Gasteiger partial charge in [0.2, 0.25) is 0 Å². The van der Waals surface area contributed by atoms with E-state index >= 15 is 0 Å². The molecule has 5 heterocycles. The number of aryl methyl sites for hydroxylation is 1. The van der Waals surface area contributed by atoms with Crippen LogP contribution in [-0.4, -0.2) is 37.4 Å². The van der Waals surface area contributed by atoms with E-state index in [9.17, 15) is 4.39 Å². The zero-order chi connectivity index (χ0) is 20.4. The number of hydrogen-bond acceptors (Lipinski definition) is 6. The predicted molar refractivity (Wildman–Crippen MR) is 107 cm³/mol. The number of ether oxygens (including phenoxy) is 2. The third-order valence-electron chi connectivity index (χ3n) is 6.01. The number of hydrogen-bond donors (Lipinski definition) is 1. The quantitative estimate of drug-likeness (QED) is 0.524. The maximum Gasteiger partial charge on any atom is 0.171 e. The van der Waals surface area contributed by atoms with Gasteiger partial charge in [-0.1, -0.05) is 0 Å². The molecule has 1 atom stereocenters. The summed E-state index contributed by atoms with van der Waals surface area (Å²) in [6.45, 7) is 3.17.